The van der Waals surface area contributed by atoms with Crippen LogP contribution in [0, 0.1) is 0 Å². The van der Waals surface area contributed by atoms with Crippen LogP contribution in [0.5, 0.6) is 0 Å². The van der Waals surface area contributed by atoms with E-state index in [2.05, 4.69) is 0 Å². The Bertz CT molecular complexity index is 488. The molecule has 0 radical (unpaired) electrons. The van der Waals surface area contributed by atoms with E-state index in [1.165, 1.54) is 4.31 Å². The Hall–Kier alpha value is -0.820. The smallest absolute Gasteiger partial charge is 0.410 e. The molecule has 1 saturated heterocycles. The fraction of sp³-hybridized carbons (Fsp3) is 0.929. The quantitative estimate of drug-likeness (QED) is 0.741. The fourth-order valence-corrected chi connectivity index (χ4v) is 3.63. The molecule has 1 amide bonds. The second-order valence-corrected chi connectivity index (χ2v) is 10.2. The number of hydrogen-bond donors (Lipinski definition) is 0. The molecule has 0 aliphatic carbocycles. The number of piperazine rings is 1. The van der Waals surface area contributed by atoms with E-state index in [9.17, 15) is 13.2 Å². The third-order valence-electron chi connectivity index (χ3n) is 3.33. The molecule has 6 nitrogen and oxygen atoms in total. The Morgan fingerprint density at radius 2 is 1.62 bits per heavy atom. The Morgan fingerprint density at radius 1 is 1.10 bits per heavy atom. The molecule has 0 aromatic carbocycles. The van der Waals surface area contributed by atoms with Gasteiger partial charge in [0.05, 0.1) is 4.75 Å². The van der Waals surface area contributed by atoms with Crippen molar-refractivity contribution in [3.63, 3.8) is 0 Å². The molecule has 0 aromatic rings. The fourth-order valence-electron chi connectivity index (χ4n) is 2.12. The number of rotatable bonds is 1. The van der Waals surface area contributed by atoms with Gasteiger partial charge in [-0.15, -0.1) is 0 Å². The van der Waals surface area contributed by atoms with Gasteiger partial charge in [0.1, 0.15) is 5.60 Å². The van der Waals surface area contributed by atoms with Gasteiger partial charge in [-0.25, -0.2) is 13.2 Å². The number of carbonyl (C=O) groups is 1. The zero-order chi connectivity index (χ0) is 16.6. The first-order chi connectivity index (χ1) is 9.25. The first-order valence-corrected chi connectivity index (χ1v) is 8.69. The lowest BCUT2D eigenvalue weighted by molar-refractivity contribution is 0.00848. The molecular weight excluding hydrogens is 292 g/mol. The van der Waals surface area contributed by atoms with E-state index in [4.69, 9.17) is 4.74 Å². The predicted molar refractivity (Wildman–Crippen MR) is 82.6 cm³/mol. The number of carbonyl (C=O) groups excluding carboxylic acids is 1. The van der Waals surface area contributed by atoms with Crippen LogP contribution in [0.25, 0.3) is 0 Å². The summed E-state index contributed by atoms with van der Waals surface area (Å²) >= 11 is 0. The molecule has 7 heteroatoms. The number of sulfonamides is 1. The Labute approximate surface area is 128 Å². The second-order valence-electron chi connectivity index (χ2n) is 7.50. The maximum Gasteiger partial charge on any atom is 0.410 e. The molecule has 124 valence electrons. The average Bonchev–Trinajstić information content (AvgIpc) is 2.24. The van der Waals surface area contributed by atoms with Crippen molar-refractivity contribution in [2.45, 2.75) is 64.9 Å². The van der Waals surface area contributed by atoms with Crippen molar-refractivity contribution in [3.05, 3.63) is 0 Å². The summed E-state index contributed by atoms with van der Waals surface area (Å²) in [7, 11) is -3.36. The van der Waals surface area contributed by atoms with Crippen LogP contribution in [0.2, 0.25) is 0 Å². The molecule has 0 saturated carbocycles. The van der Waals surface area contributed by atoms with Crippen molar-refractivity contribution in [2.24, 2.45) is 0 Å². The lowest BCUT2D eigenvalue weighted by atomic mass is 10.2. The van der Waals surface area contributed by atoms with Gasteiger partial charge in [0, 0.05) is 25.7 Å². The second kappa shape index (κ2) is 5.76. The number of hydrogen-bond acceptors (Lipinski definition) is 4. The normalized spacial score (nSPS) is 22.2. The van der Waals surface area contributed by atoms with Gasteiger partial charge in [0.2, 0.25) is 10.0 Å². The van der Waals surface area contributed by atoms with Gasteiger partial charge >= 0.3 is 6.09 Å². The summed E-state index contributed by atoms with van der Waals surface area (Å²) in [5.74, 6) is 0. The SMILES string of the molecule is C[C@H]1CN(S(=O)(=O)C(C)(C)C)CCN1C(=O)OC(C)(C)C. The van der Waals surface area contributed by atoms with Crippen LogP contribution in [0.3, 0.4) is 0 Å². The number of ether oxygens (including phenoxy) is 1. The largest absolute Gasteiger partial charge is 0.444 e. The van der Waals surface area contributed by atoms with E-state index in [0.717, 1.165) is 0 Å². The van der Waals surface area contributed by atoms with Gasteiger partial charge in [0.15, 0.2) is 0 Å². The van der Waals surface area contributed by atoms with Gasteiger partial charge in [-0.05, 0) is 48.5 Å². The van der Waals surface area contributed by atoms with Crippen LogP contribution in [0.4, 0.5) is 4.79 Å². The lowest BCUT2D eigenvalue weighted by Crippen LogP contribution is -2.58. The summed E-state index contributed by atoms with van der Waals surface area (Å²) in [5, 5.41) is 0. The van der Waals surface area contributed by atoms with Crippen molar-refractivity contribution in [3.8, 4) is 0 Å². The minimum absolute atomic E-state index is 0.203. The number of nitrogens with zero attached hydrogens (tertiary/aromatic N) is 2. The summed E-state index contributed by atoms with van der Waals surface area (Å²) in [6, 6.07) is -0.203. The molecule has 1 aliphatic rings. The summed E-state index contributed by atoms with van der Waals surface area (Å²) in [4.78, 5) is 13.7. The summed E-state index contributed by atoms with van der Waals surface area (Å²) in [6.07, 6.45) is -0.386. The Morgan fingerprint density at radius 3 is 2.00 bits per heavy atom. The van der Waals surface area contributed by atoms with Crippen molar-refractivity contribution in [2.75, 3.05) is 19.6 Å². The van der Waals surface area contributed by atoms with Crippen molar-refractivity contribution >= 4 is 16.1 Å². The first kappa shape index (κ1) is 18.2. The summed E-state index contributed by atoms with van der Waals surface area (Å²) in [5.41, 5.74) is -0.550. The highest BCUT2D eigenvalue weighted by atomic mass is 32.2. The zero-order valence-corrected chi connectivity index (χ0v) is 15.0. The van der Waals surface area contributed by atoms with Crippen LogP contribution in [-0.4, -0.2) is 59.7 Å². The van der Waals surface area contributed by atoms with Gasteiger partial charge < -0.3 is 9.64 Å². The maximum absolute atomic E-state index is 12.4. The van der Waals surface area contributed by atoms with E-state index in [1.54, 1.807) is 25.7 Å². The number of amides is 1. The van der Waals surface area contributed by atoms with Gasteiger partial charge in [-0.2, -0.15) is 4.31 Å². The molecule has 0 spiro atoms. The van der Waals surface area contributed by atoms with E-state index in [0.29, 0.717) is 19.6 Å². The molecule has 21 heavy (non-hydrogen) atoms. The van der Waals surface area contributed by atoms with Gasteiger partial charge in [0.25, 0.3) is 0 Å². The minimum atomic E-state index is -3.36. The molecule has 1 fully saturated rings. The molecule has 1 atom stereocenters. The molecule has 1 aliphatic heterocycles. The third kappa shape index (κ3) is 4.32. The van der Waals surface area contributed by atoms with Crippen molar-refractivity contribution in [1.82, 2.24) is 9.21 Å². The standard InChI is InChI=1S/C14H28N2O4S/c1-11-10-15(21(18,19)14(5,6)7)8-9-16(11)12(17)20-13(2,3)4/h11H,8-10H2,1-7H3/t11-/m0/s1. The molecule has 1 rings (SSSR count). The Balaban J connectivity index is 2.78. The maximum atomic E-state index is 12.4. The van der Waals surface area contributed by atoms with Crippen molar-refractivity contribution < 1.29 is 17.9 Å². The Kier molecular flexibility index (Phi) is 5.00. The van der Waals surface area contributed by atoms with E-state index < -0.39 is 20.4 Å². The van der Waals surface area contributed by atoms with E-state index in [1.807, 2.05) is 27.7 Å². The molecule has 0 aromatic heterocycles. The van der Waals surface area contributed by atoms with Gasteiger partial charge in [-0.3, -0.25) is 0 Å². The molecule has 0 bridgehead atoms. The topological polar surface area (TPSA) is 66.9 Å². The van der Waals surface area contributed by atoms with Crippen LogP contribution < -0.4 is 0 Å². The predicted octanol–water partition coefficient (Wildman–Crippen LogP) is 2.06. The highest BCUT2D eigenvalue weighted by molar-refractivity contribution is 7.90. The highest BCUT2D eigenvalue weighted by Gasteiger charge is 2.40. The monoisotopic (exact) mass is 320 g/mol. The summed E-state index contributed by atoms with van der Waals surface area (Å²) < 4.78 is 30.9. The minimum Gasteiger partial charge on any atom is -0.444 e. The van der Waals surface area contributed by atoms with Crippen LogP contribution in [0.15, 0.2) is 0 Å². The molecule has 0 unspecified atom stereocenters. The first-order valence-electron chi connectivity index (χ1n) is 7.25. The molecule has 1 heterocycles. The van der Waals surface area contributed by atoms with Crippen LogP contribution in [-0.2, 0) is 14.8 Å². The van der Waals surface area contributed by atoms with Crippen molar-refractivity contribution in [1.29, 1.82) is 0 Å². The zero-order valence-electron chi connectivity index (χ0n) is 14.1. The van der Waals surface area contributed by atoms with E-state index in [-0.39, 0.29) is 12.1 Å². The van der Waals surface area contributed by atoms with Crippen LogP contribution >= 0.6 is 0 Å². The lowest BCUT2D eigenvalue weighted by Gasteiger charge is -2.41. The third-order valence-corrected chi connectivity index (χ3v) is 5.89. The highest BCUT2D eigenvalue weighted by Crippen LogP contribution is 2.24. The van der Waals surface area contributed by atoms with Crippen LogP contribution in [0.1, 0.15) is 48.5 Å². The average molecular weight is 320 g/mol. The van der Waals surface area contributed by atoms with E-state index >= 15 is 0 Å². The van der Waals surface area contributed by atoms with Gasteiger partial charge in [-0.1, -0.05) is 0 Å². The molecule has 0 N–H and O–H groups in total. The molecular formula is C14H28N2O4S. The summed E-state index contributed by atoms with van der Waals surface area (Å²) in [6.45, 7) is 13.3.